The zero-order valence-electron chi connectivity index (χ0n) is 23.7. The molecule has 2 amide bonds. The number of ether oxygens (including phenoxy) is 3. The van der Waals surface area contributed by atoms with Crippen LogP contribution in [0.2, 0.25) is 5.02 Å². The van der Waals surface area contributed by atoms with Crippen LogP contribution in [0.25, 0.3) is 0 Å². The minimum Gasteiger partial charge on any atom is -0.497 e. The minimum absolute atomic E-state index is 0.0164. The highest BCUT2D eigenvalue weighted by molar-refractivity contribution is 6.30. The van der Waals surface area contributed by atoms with Gasteiger partial charge in [-0.2, -0.15) is 0 Å². The van der Waals surface area contributed by atoms with Gasteiger partial charge in [-0.3, -0.25) is 14.4 Å². The maximum Gasteiger partial charge on any atom is 0.308 e. The summed E-state index contributed by atoms with van der Waals surface area (Å²) in [5.74, 6) is -1.51. The van der Waals surface area contributed by atoms with Gasteiger partial charge in [0.2, 0.25) is 5.91 Å². The number of benzene rings is 2. The first-order valence-electron chi connectivity index (χ1n) is 13.4. The fraction of sp³-hybridized carbons (Fsp3) is 0.500. The van der Waals surface area contributed by atoms with Crippen molar-refractivity contribution in [1.82, 2.24) is 4.90 Å². The number of rotatable bonds is 7. The second kappa shape index (κ2) is 11.7. The summed E-state index contributed by atoms with van der Waals surface area (Å²) in [7, 11) is 3.01. The summed E-state index contributed by atoms with van der Waals surface area (Å²) in [5, 5.41) is 10.1. The Kier molecular flexibility index (Phi) is 8.66. The summed E-state index contributed by atoms with van der Waals surface area (Å²) in [4.78, 5) is 43.6. The average molecular weight is 573 g/mol. The Bertz CT molecular complexity index is 1290. The monoisotopic (exact) mass is 572 g/mol. The number of anilines is 1. The number of likely N-dealkylation sites (tertiary alicyclic amines) is 1. The van der Waals surface area contributed by atoms with Crippen molar-refractivity contribution in [3.63, 3.8) is 0 Å². The zero-order valence-corrected chi connectivity index (χ0v) is 24.4. The highest BCUT2D eigenvalue weighted by Gasteiger charge is 2.51. The van der Waals surface area contributed by atoms with Gasteiger partial charge in [0.15, 0.2) is 5.60 Å². The second-order valence-corrected chi connectivity index (χ2v) is 12.0. The summed E-state index contributed by atoms with van der Waals surface area (Å²) in [6.07, 6.45) is 0.737. The molecule has 216 valence electrons. The molecule has 40 heavy (non-hydrogen) atoms. The number of nitrogens with zero attached hydrogens (tertiary/aromatic N) is 2. The Morgan fingerprint density at radius 2 is 1.90 bits per heavy atom. The minimum atomic E-state index is -1.76. The Labute approximate surface area is 239 Å². The molecule has 2 aromatic carbocycles. The Balaban J connectivity index is 1.87. The van der Waals surface area contributed by atoms with Gasteiger partial charge in [-0.05, 0) is 48.6 Å². The number of carboxylic acid groups (broad SMARTS) is 1. The van der Waals surface area contributed by atoms with Crippen molar-refractivity contribution in [3.05, 3.63) is 52.5 Å². The lowest BCUT2D eigenvalue weighted by atomic mass is 9.85. The molecular formula is C30H37ClN2O7. The molecule has 0 aliphatic carbocycles. The van der Waals surface area contributed by atoms with Gasteiger partial charge in [0, 0.05) is 47.5 Å². The molecule has 2 aromatic rings. The summed E-state index contributed by atoms with van der Waals surface area (Å²) in [6, 6.07) is 10.3. The van der Waals surface area contributed by atoms with Crippen LogP contribution in [-0.2, 0) is 31.3 Å². The third-order valence-corrected chi connectivity index (χ3v) is 7.63. The van der Waals surface area contributed by atoms with Crippen LogP contribution in [0.15, 0.2) is 36.4 Å². The fourth-order valence-electron chi connectivity index (χ4n) is 5.43. The number of hydrogen-bond donors (Lipinski definition) is 1. The second-order valence-electron chi connectivity index (χ2n) is 11.6. The van der Waals surface area contributed by atoms with Crippen molar-refractivity contribution in [2.24, 2.45) is 11.3 Å². The van der Waals surface area contributed by atoms with E-state index in [1.807, 2.05) is 20.8 Å². The van der Waals surface area contributed by atoms with Crippen LogP contribution in [0.5, 0.6) is 11.5 Å². The van der Waals surface area contributed by atoms with Gasteiger partial charge < -0.3 is 29.1 Å². The molecule has 2 atom stereocenters. The molecule has 1 fully saturated rings. The molecule has 2 aliphatic rings. The van der Waals surface area contributed by atoms with Gasteiger partial charge in [-0.1, -0.05) is 32.4 Å². The van der Waals surface area contributed by atoms with Crippen LogP contribution >= 0.6 is 11.6 Å². The number of carbonyl (C=O) groups excluding carboxylic acids is 2. The fourth-order valence-corrected chi connectivity index (χ4v) is 5.63. The number of halogens is 1. The lowest BCUT2D eigenvalue weighted by molar-refractivity contribution is -0.159. The van der Waals surface area contributed by atoms with Crippen molar-refractivity contribution in [2.75, 3.05) is 38.8 Å². The maximum atomic E-state index is 14.8. The first-order valence-corrected chi connectivity index (χ1v) is 13.7. The number of piperidine rings is 1. The van der Waals surface area contributed by atoms with E-state index in [1.165, 1.54) is 19.1 Å². The van der Waals surface area contributed by atoms with E-state index in [-0.39, 0.29) is 30.9 Å². The van der Waals surface area contributed by atoms with Crippen LogP contribution in [0.3, 0.4) is 0 Å². The topological polar surface area (TPSA) is 106 Å². The molecule has 0 radical (unpaired) electrons. The summed E-state index contributed by atoms with van der Waals surface area (Å²) in [6.45, 7) is 6.95. The van der Waals surface area contributed by atoms with E-state index in [1.54, 1.807) is 41.3 Å². The lowest BCUT2D eigenvalue weighted by Gasteiger charge is -2.39. The predicted molar refractivity (Wildman–Crippen MR) is 151 cm³/mol. The number of aliphatic carboxylic acids is 1. The van der Waals surface area contributed by atoms with Crippen molar-refractivity contribution in [1.29, 1.82) is 0 Å². The van der Waals surface area contributed by atoms with E-state index in [9.17, 15) is 19.5 Å². The van der Waals surface area contributed by atoms with E-state index >= 15 is 0 Å². The quantitative estimate of drug-likeness (QED) is 0.504. The molecule has 2 heterocycles. The van der Waals surface area contributed by atoms with Crippen molar-refractivity contribution in [2.45, 2.75) is 52.2 Å². The number of carboxylic acids is 1. The summed E-state index contributed by atoms with van der Waals surface area (Å²) in [5.41, 5.74) is -0.288. The number of methoxy groups -OCH3 is 2. The van der Waals surface area contributed by atoms with Gasteiger partial charge in [0.1, 0.15) is 11.5 Å². The van der Waals surface area contributed by atoms with E-state index < -0.39 is 23.4 Å². The van der Waals surface area contributed by atoms with Crippen LogP contribution < -0.4 is 14.4 Å². The van der Waals surface area contributed by atoms with Crippen LogP contribution in [0, 0.1) is 11.3 Å². The SMILES string of the molecule is COc1ccc(C2(CC(=O)N3CCCC(C(=O)O)C3)OCc3cc(Cl)ccc3N(CC(C)(C)C)C2=O)c(OC)c1. The Morgan fingerprint density at radius 1 is 1.15 bits per heavy atom. The first-order chi connectivity index (χ1) is 18.9. The molecule has 0 aromatic heterocycles. The summed E-state index contributed by atoms with van der Waals surface area (Å²) >= 11 is 6.34. The molecule has 0 saturated carbocycles. The molecule has 2 aliphatic heterocycles. The van der Waals surface area contributed by atoms with E-state index in [0.717, 1.165) is 5.56 Å². The molecule has 10 heteroatoms. The van der Waals surface area contributed by atoms with Gasteiger partial charge in [-0.25, -0.2) is 0 Å². The van der Waals surface area contributed by atoms with Gasteiger partial charge >= 0.3 is 5.97 Å². The van der Waals surface area contributed by atoms with Crippen LogP contribution in [0.4, 0.5) is 5.69 Å². The van der Waals surface area contributed by atoms with Gasteiger partial charge in [-0.15, -0.1) is 0 Å². The smallest absolute Gasteiger partial charge is 0.308 e. The van der Waals surface area contributed by atoms with Crippen LogP contribution in [0.1, 0.15) is 51.2 Å². The highest BCUT2D eigenvalue weighted by Crippen LogP contribution is 2.45. The largest absolute Gasteiger partial charge is 0.497 e. The Morgan fingerprint density at radius 3 is 2.55 bits per heavy atom. The van der Waals surface area contributed by atoms with E-state index in [0.29, 0.717) is 53.7 Å². The molecule has 9 nitrogen and oxygen atoms in total. The van der Waals surface area contributed by atoms with Crippen molar-refractivity contribution < 1.29 is 33.7 Å². The normalized spacial score (nSPS) is 21.4. The first kappa shape index (κ1) is 29.7. The van der Waals surface area contributed by atoms with Gasteiger partial charge in [0.25, 0.3) is 5.91 Å². The predicted octanol–water partition coefficient (Wildman–Crippen LogP) is 4.88. The van der Waals surface area contributed by atoms with Gasteiger partial charge in [0.05, 0.1) is 33.2 Å². The number of carbonyl (C=O) groups is 3. The summed E-state index contributed by atoms with van der Waals surface area (Å²) < 4.78 is 17.6. The molecular weight excluding hydrogens is 536 g/mol. The molecule has 2 unspecified atom stereocenters. The lowest BCUT2D eigenvalue weighted by Crippen LogP contribution is -2.53. The third kappa shape index (κ3) is 6.05. The van der Waals surface area contributed by atoms with Crippen LogP contribution in [-0.4, -0.2) is 61.6 Å². The molecule has 1 saturated heterocycles. The zero-order chi connectivity index (χ0) is 29.2. The Hall–Kier alpha value is -3.30. The molecule has 0 bridgehead atoms. The standard InChI is InChI=1S/C30H37ClN2O7/c1-29(2,3)18-33-24-11-8-21(31)13-20(24)17-40-30(28(33)37,23-10-9-22(38-4)14-25(23)39-5)15-26(34)32-12-6-7-19(16-32)27(35)36/h8-11,13-14,19H,6-7,12,15-18H2,1-5H3,(H,35,36). The third-order valence-electron chi connectivity index (χ3n) is 7.40. The molecule has 1 N–H and O–H groups in total. The van der Waals surface area contributed by atoms with Crippen molar-refractivity contribution >= 4 is 35.1 Å². The van der Waals surface area contributed by atoms with E-state index in [2.05, 4.69) is 0 Å². The van der Waals surface area contributed by atoms with E-state index in [4.69, 9.17) is 25.8 Å². The highest BCUT2D eigenvalue weighted by atomic mass is 35.5. The molecule has 0 spiro atoms. The average Bonchev–Trinajstić information content (AvgIpc) is 3.02. The molecule has 4 rings (SSSR count). The van der Waals surface area contributed by atoms with Crippen molar-refractivity contribution in [3.8, 4) is 11.5 Å². The maximum absolute atomic E-state index is 14.8. The number of amides is 2. The number of fused-ring (bicyclic) bond motifs is 1. The number of hydrogen-bond acceptors (Lipinski definition) is 6.